The second-order valence-corrected chi connectivity index (χ2v) is 6.29. The number of piperidine rings is 1. The lowest BCUT2D eigenvalue weighted by atomic mass is 9.96. The Morgan fingerprint density at radius 1 is 1.23 bits per heavy atom. The van der Waals surface area contributed by atoms with Gasteiger partial charge < -0.3 is 9.47 Å². The first kappa shape index (κ1) is 14.8. The Balaban J connectivity index is 1.58. The molecule has 2 aromatic rings. The molecule has 0 atom stereocenters. The molecule has 1 aromatic carbocycles. The van der Waals surface area contributed by atoms with Gasteiger partial charge >= 0.3 is 0 Å². The lowest BCUT2D eigenvalue weighted by Gasteiger charge is -2.32. The van der Waals surface area contributed by atoms with E-state index in [1.54, 1.807) is 0 Å². The van der Waals surface area contributed by atoms with Crippen molar-refractivity contribution in [2.45, 2.75) is 33.2 Å². The predicted molar refractivity (Wildman–Crippen MR) is 86.8 cm³/mol. The van der Waals surface area contributed by atoms with Gasteiger partial charge in [-0.1, -0.05) is 6.07 Å². The van der Waals surface area contributed by atoms with E-state index in [9.17, 15) is 4.79 Å². The smallest absolute Gasteiger partial charge is 0.253 e. The number of aryl methyl sites for hydroxylation is 2. The fourth-order valence-electron chi connectivity index (χ4n) is 3.07. The molecule has 1 fully saturated rings. The van der Waals surface area contributed by atoms with E-state index in [1.165, 1.54) is 11.1 Å². The van der Waals surface area contributed by atoms with Crippen LogP contribution >= 0.6 is 0 Å². The highest BCUT2D eigenvalue weighted by Crippen LogP contribution is 2.21. The lowest BCUT2D eigenvalue weighted by Crippen LogP contribution is -2.39. The Bertz CT molecular complexity index is 640. The van der Waals surface area contributed by atoms with E-state index in [2.05, 4.69) is 23.4 Å². The zero-order chi connectivity index (χ0) is 15.5. The van der Waals surface area contributed by atoms with Gasteiger partial charge in [0, 0.05) is 37.6 Å². The third-order valence-corrected chi connectivity index (χ3v) is 4.68. The number of likely N-dealkylation sites (tertiary alicyclic amines) is 1. The third kappa shape index (κ3) is 3.21. The van der Waals surface area contributed by atoms with Crippen LogP contribution in [0, 0.1) is 19.8 Å². The van der Waals surface area contributed by atoms with Gasteiger partial charge in [0.25, 0.3) is 5.91 Å². The van der Waals surface area contributed by atoms with Gasteiger partial charge in [-0.15, -0.1) is 0 Å². The van der Waals surface area contributed by atoms with Gasteiger partial charge in [-0.25, -0.2) is 4.98 Å². The molecule has 2 heterocycles. The normalized spacial score (nSPS) is 16.0. The van der Waals surface area contributed by atoms with Gasteiger partial charge in [0.15, 0.2) is 0 Å². The summed E-state index contributed by atoms with van der Waals surface area (Å²) in [6.07, 6.45) is 7.82. The number of aromatic nitrogens is 2. The Labute approximate surface area is 131 Å². The molecule has 3 rings (SSSR count). The van der Waals surface area contributed by atoms with Crippen LogP contribution in [0.4, 0.5) is 0 Å². The number of rotatable bonds is 3. The maximum absolute atomic E-state index is 12.6. The Kier molecular flexibility index (Phi) is 4.27. The topological polar surface area (TPSA) is 38.1 Å². The molecular weight excluding hydrogens is 274 g/mol. The Morgan fingerprint density at radius 2 is 2.00 bits per heavy atom. The van der Waals surface area contributed by atoms with Crippen molar-refractivity contribution >= 4 is 5.91 Å². The van der Waals surface area contributed by atoms with Gasteiger partial charge in [0.2, 0.25) is 0 Å². The molecule has 1 aromatic heterocycles. The van der Waals surface area contributed by atoms with E-state index < -0.39 is 0 Å². The Hall–Kier alpha value is -2.10. The average Bonchev–Trinajstić information content (AvgIpc) is 3.03. The minimum atomic E-state index is 0.171. The van der Waals surface area contributed by atoms with E-state index in [1.807, 2.05) is 41.8 Å². The van der Waals surface area contributed by atoms with Gasteiger partial charge in [-0.05, 0) is 55.9 Å². The SMILES string of the molecule is Cc1ccc(C(=O)N2CCC(Cn3ccnc3)CC2)cc1C. The molecule has 1 saturated heterocycles. The van der Waals surface area contributed by atoms with Crippen LogP contribution in [0.2, 0.25) is 0 Å². The van der Waals surface area contributed by atoms with Crippen LogP contribution in [-0.4, -0.2) is 33.4 Å². The summed E-state index contributed by atoms with van der Waals surface area (Å²) in [7, 11) is 0. The second kappa shape index (κ2) is 6.34. The molecule has 4 heteroatoms. The second-order valence-electron chi connectivity index (χ2n) is 6.29. The molecule has 0 radical (unpaired) electrons. The summed E-state index contributed by atoms with van der Waals surface area (Å²) in [6.45, 7) is 6.84. The number of benzene rings is 1. The van der Waals surface area contributed by atoms with Crippen molar-refractivity contribution < 1.29 is 4.79 Å². The summed E-state index contributed by atoms with van der Waals surface area (Å²) < 4.78 is 2.13. The van der Waals surface area contributed by atoms with Crippen LogP contribution in [0.1, 0.15) is 34.3 Å². The number of hydrogen-bond acceptors (Lipinski definition) is 2. The number of carbonyl (C=O) groups excluding carboxylic acids is 1. The first-order valence-corrected chi connectivity index (χ1v) is 7.96. The molecule has 0 bridgehead atoms. The monoisotopic (exact) mass is 297 g/mol. The number of nitrogens with zero attached hydrogens (tertiary/aromatic N) is 3. The van der Waals surface area contributed by atoms with E-state index in [-0.39, 0.29) is 5.91 Å². The molecule has 116 valence electrons. The van der Waals surface area contributed by atoms with E-state index in [4.69, 9.17) is 0 Å². The Morgan fingerprint density at radius 3 is 2.64 bits per heavy atom. The van der Waals surface area contributed by atoms with Gasteiger partial charge in [0.05, 0.1) is 6.33 Å². The van der Waals surface area contributed by atoms with E-state index in [0.29, 0.717) is 5.92 Å². The molecule has 22 heavy (non-hydrogen) atoms. The molecule has 0 N–H and O–H groups in total. The molecule has 0 saturated carbocycles. The van der Waals surface area contributed by atoms with Crippen LogP contribution in [0.3, 0.4) is 0 Å². The highest BCUT2D eigenvalue weighted by Gasteiger charge is 2.23. The molecule has 0 spiro atoms. The predicted octanol–water partition coefficient (Wildman–Crippen LogP) is 3.05. The zero-order valence-electron chi connectivity index (χ0n) is 13.3. The van der Waals surface area contributed by atoms with Crippen molar-refractivity contribution in [3.05, 3.63) is 53.6 Å². The molecule has 1 aliphatic rings. The third-order valence-electron chi connectivity index (χ3n) is 4.68. The summed E-state index contributed by atoms with van der Waals surface area (Å²) in [6, 6.07) is 5.99. The van der Waals surface area contributed by atoms with Crippen molar-refractivity contribution in [2.75, 3.05) is 13.1 Å². The highest BCUT2D eigenvalue weighted by molar-refractivity contribution is 5.94. The van der Waals surface area contributed by atoms with Crippen LogP contribution in [0.5, 0.6) is 0 Å². The average molecular weight is 297 g/mol. The van der Waals surface area contributed by atoms with E-state index >= 15 is 0 Å². The first-order valence-electron chi connectivity index (χ1n) is 7.96. The summed E-state index contributed by atoms with van der Waals surface area (Å²) >= 11 is 0. The van der Waals surface area contributed by atoms with Crippen LogP contribution < -0.4 is 0 Å². The fourth-order valence-corrected chi connectivity index (χ4v) is 3.07. The molecule has 0 aliphatic carbocycles. The lowest BCUT2D eigenvalue weighted by molar-refractivity contribution is 0.0683. The number of imidazole rings is 1. The summed E-state index contributed by atoms with van der Waals surface area (Å²) in [5, 5.41) is 0. The first-order chi connectivity index (χ1) is 10.6. The van der Waals surface area contributed by atoms with Crippen molar-refractivity contribution in [2.24, 2.45) is 5.92 Å². The molecule has 0 unspecified atom stereocenters. The van der Waals surface area contributed by atoms with Crippen LogP contribution in [0.15, 0.2) is 36.9 Å². The van der Waals surface area contributed by atoms with Crippen LogP contribution in [-0.2, 0) is 6.54 Å². The van der Waals surface area contributed by atoms with Crippen LogP contribution in [0.25, 0.3) is 0 Å². The zero-order valence-corrected chi connectivity index (χ0v) is 13.3. The quantitative estimate of drug-likeness (QED) is 0.873. The summed E-state index contributed by atoms with van der Waals surface area (Å²) in [4.78, 5) is 18.7. The van der Waals surface area contributed by atoms with E-state index in [0.717, 1.165) is 38.0 Å². The number of carbonyl (C=O) groups is 1. The van der Waals surface area contributed by atoms with Gasteiger partial charge in [0.1, 0.15) is 0 Å². The largest absolute Gasteiger partial charge is 0.339 e. The highest BCUT2D eigenvalue weighted by atomic mass is 16.2. The van der Waals surface area contributed by atoms with Gasteiger partial charge in [-0.2, -0.15) is 0 Å². The maximum atomic E-state index is 12.6. The van der Waals surface area contributed by atoms with Crippen molar-refractivity contribution in [1.29, 1.82) is 0 Å². The molecule has 1 amide bonds. The summed E-state index contributed by atoms with van der Waals surface area (Å²) in [5.74, 6) is 0.808. The summed E-state index contributed by atoms with van der Waals surface area (Å²) in [5.41, 5.74) is 3.23. The minimum Gasteiger partial charge on any atom is -0.339 e. The molecular formula is C18H23N3O. The van der Waals surface area contributed by atoms with Gasteiger partial charge in [-0.3, -0.25) is 4.79 Å². The fraction of sp³-hybridized carbons (Fsp3) is 0.444. The number of hydrogen-bond donors (Lipinski definition) is 0. The van der Waals surface area contributed by atoms with Crippen molar-refractivity contribution in [3.8, 4) is 0 Å². The standard InChI is InChI=1S/C18H23N3O/c1-14-3-4-17(11-15(14)2)18(22)21-8-5-16(6-9-21)12-20-10-7-19-13-20/h3-4,7,10-11,13,16H,5-6,8-9,12H2,1-2H3. The molecule has 4 nitrogen and oxygen atoms in total. The minimum absolute atomic E-state index is 0.171. The van der Waals surface area contributed by atoms with Crippen molar-refractivity contribution in [1.82, 2.24) is 14.5 Å². The van der Waals surface area contributed by atoms with Crippen molar-refractivity contribution in [3.63, 3.8) is 0 Å². The maximum Gasteiger partial charge on any atom is 0.253 e. The molecule has 1 aliphatic heterocycles. The number of amides is 1.